The van der Waals surface area contributed by atoms with Gasteiger partial charge in [0.1, 0.15) is 6.04 Å². The zero-order chi connectivity index (χ0) is 9.44. The van der Waals surface area contributed by atoms with Crippen molar-refractivity contribution in [3.63, 3.8) is 0 Å². The molecule has 0 radical (unpaired) electrons. The minimum Gasteiger partial charge on any atom is -0.481 e. The van der Waals surface area contributed by atoms with Gasteiger partial charge in [0.15, 0.2) is 0 Å². The first kappa shape index (κ1) is 17.4. The molecule has 0 aliphatic heterocycles. The third kappa shape index (κ3) is 22.8. The van der Waals surface area contributed by atoms with Crippen molar-refractivity contribution in [1.29, 1.82) is 0 Å². The topological polar surface area (TPSA) is 121 Å². The Labute approximate surface area is 73.0 Å². The van der Waals surface area contributed by atoms with Gasteiger partial charge < -0.3 is 21.1 Å². The van der Waals surface area contributed by atoms with Gasteiger partial charge in [-0.15, -0.1) is 0 Å². The van der Waals surface area contributed by atoms with Crippen LogP contribution in [-0.4, -0.2) is 39.9 Å². The molecule has 0 fully saturated rings. The molecule has 0 aromatic carbocycles. The zero-order valence-electron chi connectivity index (χ0n) is 6.73. The number of aliphatic carboxylic acids is 2. The van der Waals surface area contributed by atoms with Crippen LogP contribution >= 0.6 is 9.90 Å². The summed E-state index contributed by atoms with van der Waals surface area (Å²) in [6.07, 6.45) is 0. The van der Waals surface area contributed by atoms with Gasteiger partial charge in [0.25, 0.3) is 5.97 Å². The highest BCUT2D eigenvalue weighted by Crippen LogP contribution is 1.71. The smallest absolute Gasteiger partial charge is 0.322 e. The first-order chi connectivity index (χ1) is 4.91. The normalized spacial score (nSPS) is 9.92. The van der Waals surface area contributed by atoms with Crippen LogP contribution in [0.5, 0.6) is 0 Å². The Morgan fingerprint density at radius 3 is 1.67 bits per heavy atom. The Hall–Kier alpha value is -0.710. The molecular formula is C5H14NO5P. The third-order valence-corrected chi connectivity index (χ3v) is 0.514. The van der Waals surface area contributed by atoms with Crippen molar-refractivity contribution in [1.82, 2.24) is 0 Å². The fourth-order valence-corrected chi connectivity index (χ4v) is 0.0781. The number of hydrogen-bond donors (Lipinski definition) is 4. The van der Waals surface area contributed by atoms with Gasteiger partial charge in [-0.3, -0.25) is 9.59 Å². The Morgan fingerprint density at radius 2 is 1.67 bits per heavy atom. The molecule has 0 saturated carbocycles. The van der Waals surface area contributed by atoms with E-state index in [0.717, 1.165) is 6.92 Å². The Kier molecular flexibility index (Phi) is 14.9. The van der Waals surface area contributed by atoms with Gasteiger partial charge in [0, 0.05) is 6.92 Å². The van der Waals surface area contributed by atoms with Crippen molar-refractivity contribution >= 4 is 21.8 Å². The summed E-state index contributed by atoms with van der Waals surface area (Å²) in [5.41, 5.74) is 4.77. The van der Waals surface area contributed by atoms with E-state index in [0.29, 0.717) is 0 Å². The van der Waals surface area contributed by atoms with E-state index in [1.54, 1.807) is 0 Å². The molecule has 0 spiro atoms. The number of nitrogens with two attached hydrogens (primary N) is 1. The van der Waals surface area contributed by atoms with E-state index in [2.05, 4.69) is 0 Å². The number of carboxylic acids is 2. The van der Waals surface area contributed by atoms with Gasteiger partial charge in [-0.1, -0.05) is 0 Å². The summed E-state index contributed by atoms with van der Waals surface area (Å²) in [5, 5.41) is 23.3. The van der Waals surface area contributed by atoms with Crippen molar-refractivity contribution in [2.75, 3.05) is 6.61 Å². The maximum absolute atomic E-state index is 9.65. The first-order valence-corrected chi connectivity index (χ1v) is 2.70. The van der Waals surface area contributed by atoms with E-state index >= 15 is 0 Å². The molecule has 2 atom stereocenters. The predicted molar refractivity (Wildman–Crippen MR) is 47.1 cm³/mol. The number of aliphatic hydroxyl groups is 1. The van der Waals surface area contributed by atoms with Crippen molar-refractivity contribution < 1.29 is 24.9 Å². The van der Waals surface area contributed by atoms with E-state index in [4.69, 9.17) is 25.8 Å². The molecule has 0 amide bonds. The van der Waals surface area contributed by atoms with Crippen LogP contribution in [-0.2, 0) is 9.59 Å². The molecule has 0 bridgehead atoms. The Bertz CT molecular complexity index is 136. The van der Waals surface area contributed by atoms with Crippen LogP contribution in [0.2, 0.25) is 0 Å². The SMILES string of the molecule is CC(=O)O.NC(CO)C(=O)O.P. The summed E-state index contributed by atoms with van der Waals surface area (Å²) in [6, 6.07) is -1.13. The molecule has 5 N–H and O–H groups in total. The number of aliphatic hydroxyl groups excluding tert-OH is 1. The summed E-state index contributed by atoms with van der Waals surface area (Å²) in [4.78, 5) is 18.6. The zero-order valence-corrected chi connectivity index (χ0v) is 8.14. The molecule has 74 valence electrons. The van der Waals surface area contributed by atoms with Crippen molar-refractivity contribution in [2.24, 2.45) is 5.73 Å². The highest BCUT2D eigenvalue weighted by Gasteiger charge is 2.06. The first-order valence-electron chi connectivity index (χ1n) is 2.70. The monoisotopic (exact) mass is 199 g/mol. The van der Waals surface area contributed by atoms with Crippen LogP contribution in [0.3, 0.4) is 0 Å². The lowest BCUT2D eigenvalue weighted by Gasteiger charge is -1.96. The molecule has 0 aromatic heterocycles. The second kappa shape index (κ2) is 10.3. The average Bonchev–Trinajstić information content (AvgIpc) is 1.85. The van der Waals surface area contributed by atoms with Gasteiger partial charge in [0.05, 0.1) is 6.61 Å². The van der Waals surface area contributed by atoms with Crippen LogP contribution in [0.1, 0.15) is 6.92 Å². The van der Waals surface area contributed by atoms with E-state index in [1.165, 1.54) is 0 Å². The lowest BCUT2D eigenvalue weighted by Crippen LogP contribution is -2.33. The number of carbonyl (C=O) groups is 2. The molecule has 0 rings (SSSR count). The summed E-state index contributed by atoms with van der Waals surface area (Å²) in [7, 11) is 0. The summed E-state index contributed by atoms with van der Waals surface area (Å²) >= 11 is 0. The highest BCUT2D eigenvalue weighted by atomic mass is 31.0. The molecule has 6 nitrogen and oxygen atoms in total. The number of hydrogen-bond acceptors (Lipinski definition) is 4. The Morgan fingerprint density at radius 1 is 1.42 bits per heavy atom. The standard InChI is InChI=1S/C3H7NO3.C2H4O2.H3P/c4-2(1-5)3(6)7;1-2(3)4;/h2,5H,1,4H2,(H,6,7);1H3,(H,3,4);1H3. The van der Waals surface area contributed by atoms with Gasteiger partial charge in [0.2, 0.25) is 0 Å². The highest BCUT2D eigenvalue weighted by molar-refractivity contribution is 6.92. The molecule has 0 heterocycles. The fourth-order valence-electron chi connectivity index (χ4n) is 0.0781. The van der Waals surface area contributed by atoms with Gasteiger partial charge >= 0.3 is 5.97 Å². The van der Waals surface area contributed by atoms with Crippen LogP contribution in [0, 0.1) is 0 Å². The van der Waals surface area contributed by atoms with E-state index in [1.807, 2.05) is 0 Å². The molecule has 7 heteroatoms. The lowest BCUT2D eigenvalue weighted by atomic mass is 10.3. The van der Waals surface area contributed by atoms with E-state index in [-0.39, 0.29) is 9.90 Å². The molecule has 12 heavy (non-hydrogen) atoms. The average molecular weight is 199 g/mol. The second-order valence-electron chi connectivity index (χ2n) is 1.65. The molecular weight excluding hydrogens is 185 g/mol. The quantitative estimate of drug-likeness (QED) is 0.403. The van der Waals surface area contributed by atoms with Gasteiger partial charge in [-0.25, -0.2) is 0 Å². The summed E-state index contributed by atoms with van der Waals surface area (Å²) in [6.45, 7) is 0.579. The minimum atomic E-state index is -1.18. The van der Waals surface area contributed by atoms with E-state index < -0.39 is 24.6 Å². The third-order valence-electron chi connectivity index (χ3n) is 0.514. The van der Waals surface area contributed by atoms with Crippen LogP contribution in [0.15, 0.2) is 0 Å². The van der Waals surface area contributed by atoms with Gasteiger partial charge in [-0.05, 0) is 0 Å². The number of rotatable bonds is 2. The fraction of sp³-hybridized carbons (Fsp3) is 0.600. The van der Waals surface area contributed by atoms with Crippen molar-refractivity contribution in [3.8, 4) is 0 Å². The molecule has 0 aliphatic rings. The van der Waals surface area contributed by atoms with Crippen molar-refractivity contribution in [3.05, 3.63) is 0 Å². The molecule has 0 saturated heterocycles. The van der Waals surface area contributed by atoms with Crippen molar-refractivity contribution in [2.45, 2.75) is 13.0 Å². The van der Waals surface area contributed by atoms with Gasteiger partial charge in [-0.2, -0.15) is 9.90 Å². The number of carboxylic acid groups (broad SMARTS) is 2. The second-order valence-corrected chi connectivity index (χ2v) is 1.65. The maximum Gasteiger partial charge on any atom is 0.322 e. The Balaban J connectivity index is -0.000000142. The van der Waals surface area contributed by atoms with Crippen LogP contribution < -0.4 is 5.73 Å². The molecule has 0 aromatic rings. The summed E-state index contributed by atoms with van der Waals surface area (Å²) < 4.78 is 0. The van der Waals surface area contributed by atoms with Crippen LogP contribution in [0.4, 0.5) is 0 Å². The summed E-state index contributed by atoms with van der Waals surface area (Å²) in [5.74, 6) is -2.01. The predicted octanol–water partition coefficient (Wildman–Crippen LogP) is -1.46. The largest absolute Gasteiger partial charge is 0.481 e. The van der Waals surface area contributed by atoms with Crippen LogP contribution in [0.25, 0.3) is 0 Å². The lowest BCUT2D eigenvalue weighted by molar-refractivity contribution is -0.139. The molecule has 2 unspecified atom stereocenters. The molecule has 0 aliphatic carbocycles. The minimum absolute atomic E-state index is 0. The van der Waals surface area contributed by atoms with E-state index in [9.17, 15) is 4.79 Å². The maximum atomic E-state index is 9.65.